The number of rotatable bonds is 4. The van der Waals surface area contributed by atoms with E-state index in [1.54, 1.807) is 12.1 Å². The third-order valence-electron chi connectivity index (χ3n) is 4.04. The molecule has 0 aromatic heterocycles. The molecular formula is C18H15F3N2O3. The first kappa shape index (κ1) is 17.9. The zero-order valence-electron chi connectivity index (χ0n) is 13.4. The summed E-state index contributed by atoms with van der Waals surface area (Å²) in [7, 11) is 0. The van der Waals surface area contributed by atoms with Gasteiger partial charge in [-0.05, 0) is 16.7 Å². The maximum Gasteiger partial charge on any atom is 0.458 e. The summed E-state index contributed by atoms with van der Waals surface area (Å²) in [5.41, 5.74) is 2.35. The number of alkyl halides is 3. The number of halogens is 3. The summed E-state index contributed by atoms with van der Waals surface area (Å²) in [5.74, 6) is -3.30. The molecule has 0 radical (unpaired) electrons. The zero-order chi connectivity index (χ0) is 18.8. The summed E-state index contributed by atoms with van der Waals surface area (Å²) in [5, 5.41) is 25.4. The van der Waals surface area contributed by atoms with E-state index in [4.69, 9.17) is 0 Å². The molecule has 0 saturated carbocycles. The smallest absolute Gasteiger partial charge is 0.411 e. The first-order valence-electron chi connectivity index (χ1n) is 7.72. The van der Waals surface area contributed by atoms with Crippen molar-refractivity contribution in [2.45, 2.75) is 24.8 Å². The summed E-state index contributed by atoms with van der Waals surface area (Å²) in [6.45, 7) is 0. The highest BCUT2D eigenvalue weighted by Crippen LogP contribution is 2.38. The van der Waals surface area contributed by atoms with Crippen molar-refractivity contribution in [3.8, 4) is 0 Å². The quantitative estimate of drug-likeness (QED) is 0.496. The lowest BCUT2D eigenvalue weighted by molar-refractivity contribution is -0.355. The Labute approximate surface area is 147 Å². The first-order chi connectivity index (χ1) is 12.3. The van der Waals surface area contributed by atoms with Crippen LogP contribution < -0.4 is 0 Å². The van der Waals surface area contributed by atoms with Crippen LogP contribution in [-0.2, 0) is 11.3 Å². The van der Waals surface area contributed by atoms with Crippen molar-refractivity contribution in [2.75, 3.05) is 0 Å². The van der Waals surface area contributed by atoms with Crippen molar-refractivity contribution in [3.05, 3.63) is 71.3 Å². The van der Waals surface area contributed by atoms with Crippen molar-refractivity contribution < 1.29 is 28.3 Å². The van der Waals surface area contributed by atoms with Crippen molar-refractivity contribution >= 4 is 11.4 Å². The third-order valence-corrected chi connectivity index (χ3v) is 4.04. The number of nitrogens with zero attached hydrogens (tertiary/aromatic N) is 2. The Bertz CT molecular complexity index is 833. The van der Waals surface area contributed by atoms with Crippen molar-refractivity contribution in [3.63, 3.8) is 0 Å². The summed E-state index contributed by atoms with van der Waals surface area (Å²) in [6.07, 6.45) is -5.33. The largest absolute Gasteiger partial charge is 0.458 e. The van der Waals surface area contributed by atoms with E-state index >= 15 is 0 Å². The highest BCUT2D eigenvalue weighted by Gasteiger charge is 2.60. The normalized spacial score (nSPS) is 20.6. The van der Waals surface area contributed by atoms with Crippen LogP contribution in [0.5, 0.6) is 0 Å². The van der Waals surface area contributed by atoms with Gasteiger partial charge in [-0.15, -0.1) is 0 Å². The topological polar surface area (TPSA) is 74.4 Å². The van der Waals surface area contributed by atoms with Gasteiger partial charge in [0, 0.05) is 6.42 Å². The predicted molar refractivity (Wildman–Crippen MR) is 88.2 cm³/mol. The molecule has 5 nitrogen and oxygen atoms in total. The van der Waals surface area contributed by atoms with Gasteiger partial charge in [0.25, 0.3) is 0 Å². The number of aliphatic hydroxyl groups is 1. The second kappa shape index (κ2) is 6.80. The SMILES string of the molecule is ON=C(Cc1ccccc1)c1ccc(C2=NOC(O)(C(F)(F)F)C2)cc1. The van der Waals surface area contributed by atoms with Gasteiger partial charge in [-0.25, -0.2) is 0 Å². The van der Waals surface area contributed by atoms with Gasteiger partial charge in [-0.1, -0.05) is 64.9 Å². The standard InChI is InChI=1S/C18H15F3N2O3/c19-18(20,21)17(24)11-16(23-26-17)14-8-6-13(7-9-14)15(22-25)10-12-4-2-1-3-5-12/h1-9,24-25H,10-11H2. The molecule has 0 bridgehead atoms. The molecule has 1 aliphatic heterocycles. The van der Waals surface area contributed by atoms with Gasteiger partial charge in [0.15, 0.2) is 0 Å². The molecule has 1 heterocycles. The van der Waals surface area contributed by atoms with Crippen LogP contribution in [-0.4, -0.2) is 33.7 Å². The molecule has 2 aromatic carbocycles. The average molecular weight is 364 g/mol. The molecule has 1 aliphatic rings. The van der Waals surface area contributed by atoms with E-state index in [-0.39, 0.29) is 5.71 Å². The maximum atomic E-state index is 12.8. The van der Waals surface area contributed by atoms with Crippen LogP contribution in [0.2, 0.25) is 0 Å². The van der Waals surface area contributed by atoms with Gasteiger partial charge in [0.2, 0.25) is 0 Å². The Balaban J connectivity index is 1.75. The summed E-state index contributed by atoms with van der Waals surface area (Å²) < 4.78 is 38.3. The lowest BCUT2D eigenvalue weighted by atomic mass is 9.98. The molecule has 0 aliphatic carbocycles. The highest BCUT2D eigenvalue weighted by atomic mass is 19.4. The number of hydrogen-bond acceptors (Lipinski definition) is 5. The van der Waals surface area contributed by atoms with Gasteiger partial charge >= 0.3 is 12.0 Å². The molecule has 0 spiro atoms. The van der Waals surface area contributed by atoms with Gasteiger partial charge < -0.3 is 15.2 Å². The van der Waals surface area contributed by atoms with Crippen LogP contribution in [0.3, 0.4) is 0 Å². The van der Waals surface area contributed by atoms with E-state index in [2.05, 4.69) is 15.1 Å². The zero-order valence-corrected chi connectivity index (χ0v) is 13.4. The molecule has 1 atom stereocenters. The van der Waals surface area contributed by atoms with Gasteiger partial charge in [-0.2, -0.15) is 13.2 Å². The molecule has 2 N–H and O–H groups in total. The van der Waals surface area contributed by atoms with Crippen molar-refractivity contribution in [1.82, 2.24) is 0 Å². The summed E-state index contributed by atoms with van der Waals surface area (Å²) >= 11 is 0. The lowest BCUT2D eigenvalue weighted by Gasteiger charge is -2.22. The number of hydrogen-bond donors (Lipinski definition) is 2. The number of oxime groups is 2. The molecule has 1 unspecified atom stereocenters. The molecule has 0 amide bonds. The van der Waals surface area contributed by atoms with Gasteiger partial charge in [-0.3, -0.25) is 0 Å². The Morgan fingerprint density at radius 1 is 1.12 bits per heavy atom. The van der Waals surface area contributed by atoms with Crippen LogP contribution in [0.15, 0.2) is 64.9 Å². The van der Waals surface area contributed by atoms with E-state index < -0.39 is 18.4 Å². The summed E-state index contributed by atoms with van der Waals surface area (Å²) in [6, 6.07) is 15.7. The molecule has 2 aromatic rings. The Kier molecular flexibility index (Phi) is 4.69. The first-order valence-corrected chi connectivity index (χ1v) is 7.72. The van der Waals surface area contributed by atoms with E-state index in [0.717, 1.165) is 5.56 Å². The lowest BCUT2D eigenvalue weighted by Crippen LogP contribution is -2.45. The van der Waals surface area contributed by atoms with Crippen LogP contribution in [0.1, 0.15) is 23.1 Å². The Hall–Kier alpha value is -2.87. The molecule has 0 fully saturated rings. The van der Waals surface area contributed by atoms with Crippen LogP contribution >= 0.6 is 0 Å². The van der Waals surface area contributed by atoms with E-state index in [1.807, 2.05) is 30.3 Å². The second-order valence-electron chi connectivity index (χ2n) is 5.87. The second-order valence-corrected chi connectivity index (χ2v) is 5.87. The van der Waals surface area contributed by atoms with E-state index in [1.165, 1.54) is 12.1 Å². The Morgan fingerprint density at radius 2 is 1.77 bits per heavy atom. The minimum atomic E-state index is -4.94. The van der Waals surface area contributed by atoms with Crippen molar-refractivity contribution in [2.24, 2.45) is 10.3 Å². The maximum absolute atomic E-state index is 12.8. The minimum Gasteiger partial charge on any atom is -0.411 e. The highest BCUT2D eigenvalue weighted by molar-refractivity contribution is 6.04. The fraction of sp³-hybridized carbons (Fsp3) is 0.222. The van der Waals surface area contributed by atoms with Crippen LogP contribution in [0, 0.1) is 0 Å². The number of benzene rings is 2. The molecule has 3 rings (SSSR count). The molecular weight excluding hydrogens is 349 g/mol. The molecule has 136 valence electrons. The minimum absolute atomic E-state index is 0.0121. The third kappa shape index (κ3) is 3.55. The van der Waals surface area contributed by atoms with Crippen LogP contribution in [0.25, 0.3) is 0 Å². The van der Waals surface area contributed by atoms with Gasteiger partial charge in [0.1, 0.15) is 0 Å². The fourth-order valence-corrected chi connectivity index (χ4v) is 2.57. The Morgan fingerprint density at radius 3 is 2.31 bits per heavy atom. The molecule has 8 heteroatoms. The molecule has 26 heavy (non-hydrogen) atoms. The summed E-state index contributed by atoms with van der Waals surface area (Å²) in [4.78, 5) is 4.20. The van der Waals surface area contributed by atoms with E-state index in [9.17, 15) is 23.5 Å². The predicted octanol–water partition coefficient (Wildman–Crippen LogP) is 3.48. The van der Waals surface area contributed by atoms with Gasteiger partial charge in [0.05, 0.1) is 17.8 Å². The monoisotopic (exact) mass is 364 g/mol. The van der Waals surface area contributed by atoms with Crippen LogP contribution in [0.4, 0.5) is 13.2 Å². The van der Waals surface area contributed by atoms with E-state index in [0.29, 0.717) is 23.3 Å². The van der Waals surface area contributed by atoms with Crippen molar-refractivity contribution in [1.29, 1.82) is 0 Å². The molecule has 0 saturated heterocycles. The average Bonchev–Trinajstić information content (AvgIpc) is 3.04. The fourth-order valence-electron chi connectivity index (χ4n) is 2.57.